The van der Waals surface area contributed by atoms with Crippen LogP contribution < -0.4 is 4.90 Å². The Morgan fingerprint density at radius 3 is 2.82 bits per heavy atom. The summed E-state index contributed by atoms with van der Waals surface area (Å²) < 4.78 is 0. The van der Waals surface area contributed by atoms with E-state index >= 15 is 0 Å². The van der Waals surface area contributed by atoms with Gasteiger partial charge in [0.1, 0.15) is 0 Å². The van der Waals surface area contributed by atoms with E-state index in [-0.39, 0.29) is 23.9 Å². The van der Waals surface area contributed by atoms with Crippen molar-refractivity contribution in [3.8, 4) is 0 Å². The fourth-order valence-electron chi connectivity index (χ4n) is 3.55. The maximum atomic E-state index is 12.8. The van der Waals surface area contributed by atoms with Crippen molar-refractivity contribution in [3.63, 3.8) is 0 Å². The summed E-state index contributed by atoms with van der Waals surface area (Å²) in [4.78, 5) is 29.8. The fraction of sp³-hybridized carbons (Fsp3) is 0.375. The van der Waals surface area contributed by atoms with Crippen molar-refractivity contribution in [2.75, 3.05) is 11.4 Å². The smallest absolute Gasteiger partial charge is 0.264 e. The molecule has 0 spiro atoms. The van der Waals surface area contributed by atoms with Gasteiger partial charge in [0, 0.05) is 18.3 Å². The maximum Gasteiger partial charge on any atom is 0.264 e. The van der Waals surface area contributed by atoms with E-state index in [2.05, 4.69) is 0 Å². The van der Waals surface area contributed by atoms with Crippen LogP contribution in [0.25, 0.3) is 0 Å². The molecule has 4 heterocycles. The zero-order chi connectivity index (χ0) is 15.3. The minimum absolute atomic E-state index is 0.0152. The second-order valence-electron chi connectivity index (χ2n) is 5.80. The van der Waals surface area contributed by atoms with E-state index in [1.54, 1.807) is 11.3 Å². The Bertz CT molecular complexity index is 722. The van der Waals surface area contributed by atoms with Gasteiger partial charge in [-0.1, -0.05) is 0 Å². The number of fused-ring (bicyclic) bond motifs is 1. The minimum atomic E-state index is 0.0152. The molecule has 2 aliphatic heterocycles. The Kier molecular flexibility index (Phi) is 3.31. The molecule has 0 aromatic carbocycles. The van der Waals surface area contributed by atoms with E-state index in [1.807, 2.05) is 45.0 Å². The molecule has 114 valence electrons. The normalized spacial score (nSPS) is 24.1. The van der Waals surface area contributed by atoms with Gasteiger partial charge in [-0.05, 0) is 41.8 Å². The first kappa shape index (κ1) is 14.0. The first-order chi connectivity index (χ1) is 10.7. The highest BCUT2D eigenvalue weighted by atomic mass is 32.1. The van der Waals surface area contributed by atoms with Crippen LogP contribution in [0.1, 0.15) is 28.1 Å². The summed E-state index contributed by atoms with van der Waals surface area (Å²) in [6.07, 6.45) is 1.30. The van der Waals surface area contributed by atoms with Gasteiger partial charge in [-0.2, -0.15) is 11.3 Å². The standard InChI is InChI=1S/C16H16N2O2S2/c1-10-3-7-22-15(10)16(20)17-5-2-12-13(17)8-14(19)18(12)11-4-6-21-9-11/h3-4,6-7,9,12-13H,2,5,8H2,1H3/t12-,13+/m1/s1. The van der Waals surface area contributed by atoms with Crippen molar-refractivity contribution < 1.29 is 9.59 Å². The number of anilines is 1. The monoisotopic (exact) mass is 332 g/mol. The third kappa shape index (κ3) is 2.01. The van der Waals surface area contributed by atoms with Crippen LogP contribution in [-0.4, -0.2) is 35.3 Å². The van der Waals surface area contributed by atoms with Crippen LogP contribution in [0.15, 0.2) is 28.3 Å². The number of carbonyl (C=O) groups excluding carboxylic acids is 2. The van der Waals surface area contributed by atoms with E-state index in [0.717, 1.165) is 29.1 Å². The molecule has 0 bridgehead atoms. The molecule has 2 atom stereocenters. The maximum absolute atomic E-state index is 12.8. The molecule has 0 radical (unpaired) electrons. The summed E-state index contributed by atoms with van der Waals surface area (Å²) in [6.45, 7) is 2.70. The number of nitrogens with zero attached hydrogens (tertiary/aromatic N) is 2. The van der Waals surface area contributed by atoms with Crippen molar-refractivity contribution in [1.29, 1.82) is 0 Å². The Morgan fingerprint density at radius 1 is 1.27 bits per heavy atom. The lowest BCUT2D eigenvalue weighted by Crippen LogP contribution is -2.39. The molecule has 2 aromatic rings. The molecular formula is C16H16N2O2S2. The molecule has 0 aliphatic carbocycles. The molecule has 2 amide bonds. The Labute approximate surface area is 137 Å². The lowest BCUT2D eigenvalue weighted by molar-refractivity contribution is -0.117. The molecular weight excluding hydrogens is 316 g/mol. The molecule has 2 aliphatic rings. The second-order valence-corrected chi connectivity index (χ2v) is 7.50. The number of amides is 2. The van der Waals surface area contributed by atoms with Crippen molar-refractivity contribution >= 4 is 40.2 Å². The largest absolute Gasteiger partial charge is 0.332 e. The third-order valence-electron chi connectivity index (χ3n) is 4.60. The van der Waals surface area contributed by atoms with Gasteiger partial charge in [-0.25, -0.2) is 0 Å². The first-order valence-corrected chi connectivity index (χ1v) is 9.18. The van der Waals surface area contributed by atoms with Gasteiger partial charge in [0.15, 0.2) is 0 Å². The molecule has 0 N–H and O–H groups in total. The topological polar surface area (TPSA) is 40.6 Å². The Hall–Kier alpha value is -1.66. The second kappa shape index (κ2) is 5.21. The highest BCUT2D eigenvalue weighted by molar-refractivity contribution is 7.12. The number of aryl methyl sites for hydroxylation is 1. The number of rotatable bonds is 2. The average molecular weight is 332 g/mol. The van der Waals surface area contributed by atoms with Gasteiger partial charge in [0.05, 0.1) is 22.6 Å². The van der Waals surface area contributed by atoms with Crippen LogP contribution in [0.2, 0.25) is 0 Å². The van der Waals surface area contributed by atoms with E-state index in [1.165, 1.54) is 11.3 Å². The van der Waals surface area contributed by atoms with Crippen molar-refractivity contribution in [2.24, 2.45) is 0 Å². The van der Waals surface area contributed by atoms with Gasteiger partial charge in [0.2, 0.25) is 5.91 Å². The summed E-state index contributed by atoms with van der Waals surface area (Å²) in [5.41, 5.74) is 2.00. The number of carbonyl (C=O) groups is 2. The van der Waals surface area contributed by atoms with Crippen LogP contribution in [-0.2, 0) is 4.79 Å². The average Bonchev–Trinajstić information content (AvgIpc) is 3.22. The van der Waals surface area contributed by atoms with Crippen molar-refractivity contribution in [2.45, 2.75) is 31.8 Å². The molecule has 0 unspecified atom stereocenters. The number of hydrogen-bond donors (Lipinski definition) is 0. The van der Waals surface area contributed by atoms with Crippen LogP contribution in [0, 0.1) is 6.92 Å². The molecule has 2 fully saturated rings. The van der Waals surface area contributed by atoms with Gasteiger partial charge in [-0.3, -0.25) is 9.59 Å². The summed E-state index contributed by atoms with van der Waals surface area (Å²) in [5, 5.41) is 5.95. The van der Waals surface area contributed by atoms with Crippen LogP contribution in [0.3, 0.4) is 0 Å². The van der Waals surface area contributed by atoms with Gasteiger partial charge < -0.3 is 9.80 Å². The lowest BCUT2D eigenvalue weighted by Gasteiger charge is -2.24. The Morgan fingerprint density at radius 2 is 2.14 bits per heavy atom. The molecule has 4 rings (SSSR count). The predicted octanol–water partition coefficient (Wildman–Crippen LogP) is 3.14. The van der Waals surface area contributed by atoms with E-state index in [4.69, 9.17) is 0 Å². The number of likely N-dealkylation sites (tertiary alicyclic amines) is 1. The molecule has 2 saturated heterocycles. The fourth-order valence-corrected chi connectivity index (χ4v) is 5.06. The zero-order valence-electron chi connectivity index (χ0n) is 12.2. The Balaban J connectivity index is 1.61. The third-order valence-corrected chi connectivity index (χ3v) is 6.27. The minimum Gasteiger partial charge on any atom is -0.332 e. The number of thiophene rings is 2. The van der Waals surface area contributed by atoms with E-state index < -0.39 is 0 Å². The van der Waals surface area contributed by atoms with Crippen LogP contribution >= 0.6 is 22.7 Å². The summed E-state index contributed by atoms with van der Waals surface area (Å²) in [7, 11) is 0. The summed E-state index contributed by atoms with van der Waals surface area (Å²) >= 11 is 3.09. The van der Waals surface area contributed by atoms with Gasteiger partial charge >= 0.3 is 0 Å². The van der Waals surface area contributed by atoms with Crippen LogP contribution in [0.5, 0.6) is 0 Å². The lowest BCUT2D eigenvalue weighted by atomic mass is 10.1. The van der Waals surface area contributed by atoms with E-state index in [9.17, 15) is 9.59 Å². The number of hydrogen-bond acceptors (Lipinski definition) is 4. The van der Waals surface area contributed by atoms with Gasteiger partial charge in [-0.15, -0.1) is 11.3 Å². The highest BCUT2D eigenvalue weighted by Crippen LogP contribution is 2.37. The summed E-state index contributed by atoms with van der Waals surface area (Å²) in [5.74, 6) is 0.216. The van der Waals surface area contributed by atoms with Gasteiger partial charge in [0.25, 0.3) is 5.91 Å². The first-order valence-electron chi connectivity index (χ1n) is 7.36. The van der Waals surface area contributed by atoms with Crippen LogP contribution in [0.4, 0.5) is 5.69 Å². The highest BCUT2D eigenvalue weighted by Gasteiger charge is 2.49. The van der Waals surface area contributed by atoms with Crippen molar-refractivity contribution in [3.05, 3.63) is 38.7 Å². The molecule has 4 nitrogen and oxygen atoms in total. The summed E-state index contributed by atoms with van der Waals surface area (Å²) in [6, 6.07) is 4.11. The molecule has 22 heavy (non-hydrogen) atoms. The zero-order valence-corrected chi connectivity index (χ0v) is 13.8. The quantitative estimate of drug-likeness (QED) is 0.848. The molecule has 6 heteroatoms. The SMILES string of the molecule is Cc1ccsc1C(=O)N1CC[C@@H]2[C@@H]1CC(=O)N2c1ccsc1. The van der Waals surface area contributed by atoms with Crippen molar-refractivity contribution in [1.82, 2.24) is 4.90 Å². The predicted molar refractivity (Wildman–Crippen MR) is 88.7 cm³/mol. The molecule has 0 saturated carbocycles. The molecule has 2 aromatic heterocycles. The van der Waals surface area contributed by atoms with E-state index in [0.29, 0.717) is 6.42 Å².